The molecule has 29 heavy (non-hydrogen) atoms. The average Bonchev–Trinajstić information content (AvgIpc) is 3.35. The Bertz CT molecular complexity index is 1330. The summed E-state index contributed by atoms with van der Waals surface area (Å²) in [4.78, 5) is 29.6. The van der Waals surface area contributed by atoms with Crippen LogP contribution in [0.1, 0.15) is 33.3 Å². The standard InChI is InChI=1S/C23H15BN2O3/c1-2-26-15(9-18-22(27)16-6-5-14(24)8-17(16)23(18)28)10-21-19(26)11-20(29-21)13-4-3-7-25-12-13/h3-12H,2H2,1H3/b18-9-. The highest BCUT2D eigenvalue weighted by molar-refractivity contribution is 6.42. The molecular weight excluding hydrogens is 363 g/mol. The van der Waals surface area contributed by atoms with Crippen molar-refractivity contribution in [3.05, 3.63) is 77.3 Å². The van der Waals surface area contributed by atoms with Gasteiger partial charge in [-0.2, -0.15) is 0 Å². The number of benzene rings is 1. The van der Waals surface area contributed by atoms with Crippen molar-refractivity contribution in [2.24, 2.45) is 0 Å². The van der Waals surface area contributed by atoms with E-state index in [9.17, 15) is 9.59 Å². The molecule has 0 spiro atoms. The molecule has 5 nitrogen and oxygen atoms in total. The van der Waals surface area contributed by atoms with Crippen molar-refractivity contribution in [2.75, 3.05) is 0 Å². The van der Waals surface area contributed by atoms with E-state index in [2.05, 4.69) is 4.98 Å². The van der Waals surface area contributed by atoms with Gasteiger partial charge < -0.3 is 8.98 Å². The number of rotatable bonds is 3. The number of aryl methyl sites for hydroxylation is 1. The number of hydrogen-bond acceptors (Lipinski definition) is 4. The molecule has 138 valence electrons. The highest BCUT2D eigenvalue weighted by atomic mass is 16.3. The topological polar surface area (TPSA) is 65.1 Å². The summed E-state index contributed by atoms with van der Waals surface area (Å²) in [6, 6.07) is 12.4. The summed E-state index contributed by atoms with van der Waals surface area (Å²) in [7, 11) is 5.78. The lowest BCUT2D eigenvalue weighted by Gasteiger charge is -2.04. The Kier molecular flexibility index (Phi) is 3.88. The molecule has 1 aromatic carbocycles. The Morgan fingerprint density at radius 3 is 2.69 bits per heavy atom. The van der Waals surface area contributed by atoms with Crippen LogP contribution < -0.4 is 5.46 Å². The third-order valence-corrected chi connectivity index (χ3v) is 5.20. The normalized spacial score (nSPS) is 14.9. The molecule has 0 saturated carbocycles. The van der Waals surface area contributed by atoms with Gasteiger partial charge in [0, 0.05) is 53.5 Å². The molecule has 5 rings (SSSR count). The predicted octanol–water partition coefficient (Wildman–Crippen LogP) is 3.57. The Balaban J connectivity index is 1.60. The zero-order valence-electron chi connectivity index (χ0n) is 15.7. The first-order chi connectivity index (χ1) is 14.1. The maximum Gasteiger partial charge on any atom is 0.197 e. The Morgan fingerprint density at radius 2 is 1.93 bits per heavy atom. The van der Waals surface area contributed by atoms with Crippen LogP contribution >= 0.6 is 0 Å². The smallest absolute Gasteiger partial charge is 0.197 e. The molecule has 0 fully saturated rings. The first-order valence-electron chi connectivity index (χ1n) is 9.31. The van der Waals surface area contributed by atoms with E-state index in [-0.39, 0.29) is 17.1 Å². The van der Waals surface area contributed by atoms with Crippen molar-refractivity contribution in [1.82, 2.24) is 9.55 Å². The van der Waals surface area contributed by atoms with E-state index in [0.717, 1.165) is 22.5 Å². The van der Waals surface area contributed by atoms with Gasteiger partial charge in [-0.1, -0.05) is 23.7 Å². The van der Waals surface area contributed by atoms with Gasteiger partial charge in [0.2, 0.25) is 0 Å². The summed E-state index contributed by atoms with van der Waals surface area (Å²) < 4.78 is 8.01. The molecule has 0 aliphatic heterocycles. The van der Waals surface area contributed by atoms with E-state index < -0.39 is 0 Å². The molecule has 0 N–H and O–H groups in total. The summed E-state index contributed by atoms with van der Waals surface area (Å²) in [6.45, 7) is 2.67. The van der Waals surface area contributed by atoms with Crippen LogP contribution in [-0.4, -0.2) is 29.0 Å². The number of hydrogen-bond donors (Lipinski definition) is 0. The minimum absolute atomic E-state index is 0.146. The predicted molar refractivity (Wildman–Crippen MR) is 112 cm³/mol. The Morgan fingerprint density at radius 1 is 1.10 bits per heavy atom. The van der Waals surface area contributed by atoms with Gasteiger partial charge in [0.05, 0.1) is 11.1 Å². The minimum Gasteiger partial charge on any atom is -0.454 e. The van der Waals surface area contributed by atoms with Crippen LogP contribution in [0.25, 0.3) is 28.5 Å². The lowest BCUT2D eigenvalue weighted by molar-refractivity contribution is 0.0990. The molecule has 0 atom stereocenters. The average molecular weight is 378 g/mol. The number of fused-ring (bicyclic) bond motifs is 2. The molecule has 0 bridgehead atoms. The van der Waals surface area contributed by atoms with Crippen LogP contribution in [0, 0.1) is 0 Å². The molecule has 6 heteroatoms. The van der Waals surface area contributed by atoms with Gasteiger partial charge >= 0.3 is 0 Å². The fraction of sp³-hybridized carbons (Fsp3) is 0.0870. The number of carbonyl (C=O) groups is 2. The molecule has 0 unspecified atom stereocenters. The van der Waals surface area contributed by atoms with Crippen LogP contribution in [0.15, 0.2) is 64.8 Å². The second kappa shape index (κ2) is 6.45. The second-order valence-electron chi connectivity index (χ2n) is 6.94. The SMILES string of the molecule is [B]c1ccc2c(c1)C(=O)/C(=C\c1cc3oc(-c4cccnc4)cc3n1CC)C2=O. The first-order valence-corrected chi connectivity index (χ1v) is 9.31. The number of furan rings is 1. The number of pyridine rings is 1. The molecule has 1 aliphatic carbocycles. The number of allylic oxidation sites excluding steroid dienone is 1. The number of aromatic nitrogens is 2. The maximum atomic E-state index is 12.8. The fourth-order valence-corrected chi connectivity index (χ4v) is 3.80. The molecule has 1 aliphatic rings. The first kappa shape index (κ1) is 17.4. The van der Waals surface area contributed by atoms with Crippen molar-refractivity contribution in [3.63, 3.8) is 0 Å². The lowest BCUT2D eigenvalue weighted by Crippen LogP contribution is -2.05. The third kappa shape index (κ3) is 2.68. The number of Topliss-reactive ketones (excluding diaryl/α,β-unsaturated/α-hetero) is 2. The lowest BCUT2D eigenvalue weighted by atomic mass is 9.93. The van der Waals surface area contributed by atoms with Crippen LogP contribution in [0.2, 0.25) is 0 Å². The zero-order chi connectivity index (χ0) is 20.1. The van der Waals surface area contributed by atoms with Gasteiger partial charge in [0.25, 0.3) is 0 Å². The summed E-state index contributed by atoms with van der Waals surface area (Å²) in [5, 5.41) is 0. The maximum absolute atomic E-state index is 12.8. The highest BCUT2D eigenvalue weighted by Gasteiger charge is 2.33. The fourth-order valence-electron chi connectivity index (χ4n) is 3.80. The quantitative estimate of drug-likeness (QED) is 0.311. The van der Waals surface area contributed by atoms with Gasteiger partial charge in [-0.25, -0.2) is 0 Å². The zero-order valence-corrected chi connectivity index (χ0v) is 15.7. The minimum atomic E-state index is -0.297. The summed E-state index contributed by atoms with van der Waals surface area (Å²) in [5.41, 5.74) is 4.59. The monoisotopic (exact) mass is 378 g/mol. The Hall–Kier alpha value is -3.67. The summed E-state index contributed by atoms with van der Waals surface area (Å²) in [5.74, 6) is 0.149. The number of carbonyl (C=O) groups excluding carboxylic acids is 2. The number of nitrogens with zero attached hydrogens (tertiary/aromatic N) is 2. The van der Waals surface area contributed by atoms with Gasteiger partial charge in [0.15, 0.2) is 17.1 Å². The second-order valence-corrected chi connectivity index (χ2v) is 6.94. The van der Waals surface area contributed by atoms with E-state index in [1.807, 2.05) is 35.8 Å². The molecule has 0 amide bonds. The molecule has 0 saturated heterocycles. The molecule has 2 radical (unpaired) electrons. The largest absolute Gasteiger partial charge is 0.454 e. The van der Waals surface area contributed by atoms with E-state index in [4.69, 9.17) is 12.3 Å². The van der Waals surface area contributed by atoms with Gasteiger partial charge in [0.1, 0.15) is 13.6 Å². The third-order valence-electron chi connectivity index (χ3n) is 5.20. The number of ketones is 2. The molecule has 4 aromatic rings. The van der Waals surface area contributed by atoms with E-state index in [1.54, 1.807) is 36.7 Å². The molecule has 3 heterocycles. The van der Waals surface area contributed by atoms with Crippen LogP contribution in [0.3, 0.4) is 0 Å². The molecular formula is C23H15BN2O3. The summed E-state index contributed by atoms with van der Waals surface area (Å²) >= 11 is 0. The van der Waals surface area contributed by atoms with Crippen LogP contribution in [-0.2, 0) is 6.54 Å². The van der Waals surface area contributed by atoms with Gasteiger partial charge in [-0.15, -0.1) is 0 Å². The van der Waals surface area contributed by atoms with Crippen molar-refractivity contribution in [3.8, 4) is 11.3 Å². The van der Waals surface area contributed by atoms with Crippen LogP contribution in [0.5, 0.6) is 0 Å². The van der Waals surface area contributed by atoms with Gasteiger partial charge in [-0.3, -0.25) is 14.6 Å². The van der Waals surface area contributed by atoms with E-state index in [0.29, 0.717) is 28.7 Å². The van der Waals surface area contributed by atoms with Crippen molar-refractivity contribution in [1.29, 1.82) is 0 Å². The van der Waals surface area contributed by atoms with E-state index >= 15 is 0 Å². The van der Waals surface area contributed by atoms with Crippen molar-refractivity contribution >= 4 is 42.1 Å². The summed E-state index contributed by atoms with van der Waals surface area (Å²) in [6.07, 6.45) is 5.10. The molecule has 3 aromatic heterocycles. The van der Waals surface area contributed by atoms with Crippen molar-refractivity contribution in [2.45, 2.75) is 13.5 Å². The van der Waals surface area contributed by atoms with Crippen molar-refractivity contribution < 1.29 is 14.0 Å². The van der Waals surface area contributed by atoms with E-state index in [1.165, 1.54) is 0 Å². The highest BCUT2D eigenvalue weighted by Crippen LogP contribution is 2.32. The van der Waals surface area contributed by atoms with Gasteiger partial charge in [-0.05, 0) is 25.1 Å². The van der Waals surface area contributed by atoms with Crippen LogP contribution in [0.4, 0.5) is 0 Å². The Labute approximate surface area is 168 Å².